The van der Waals surface area contributed by atoms with Gasteiger partial charge in [0, 0.05) is 17.7 Å². The SMILES string of the molecule is COCCn1c(SCCOc2ccccc2Cl)nc2sc3c(c2c1=O)CCCC3. The molecule has 0 saturated carbocycles. The van der Waals surface area contributed by atoms with Gasteiger partial charge in [0.05, 0.1) is 30.2 Å². The van der Waals surface area contributed by atoms with Crippen LogP contribution in [0.15, 0.2) is 34.2 Å². The quantitative estimate of drug-likeness (QED) is 0.280. The summed E-state index contributed by atoms with van der Waals surface area (Å²) in [6, 6.07) is 7.42. The highest BCUT2D eigenvalue weighted by Gasteiger charge is 2.22. The molecule has 5 nitrogen and oxygen atoms in total. The number of nitrogens with zero attached hydrogens (tertiary/aromatic N) is 2. The zero-order chi connectivity index (χ0) is 20.2. The third-order valence-electron chi connectivity index (χ3n) is 4.97. The highest BCUT2D eigenvalue weighted by Crippen LogP contribution is 2.34. The van der Waals surface area contributed by atoms with Crippen molar-refractivity contribution in [3.8, 4) is 5.75 Å². The number of para-hydroxylation sites is 1. The van der Waals surface area contributed by atoms with Crippen molar-refractivity contribution < 1.29 is 9.47 Å². The monoisotopic (exact) mass is 450 g/mol. The molecule has 0 unspecified atom stereocenters. The Balaban J connectivity index is 1.57. The van der Waals surface area contributed by atoms with E-state index in [0.29, 0.717) is 36.3 Å². The molecule has 8 heteroatoms. The summed E-state index contributed by atoms with van der Waals surface area (Å²) in [5, 5.41) is 2.14. The van der Waals surface area contributed by atoms with Crippen LogP contribution in [0.3, 0.4) is 0 Å². The number of ether oxygens (including phenoxy) is 2. The Hall–Kier alpha value is -1.54. The Bertz CT molecular complexity index is 1060. The van der Waals surface area contributed by atoms with Gasteiger partial charge in [-0.25, -0.2) is 4.98 Å². The largest absolute Gasteiger partial charge is 0.491 e. The van der Waals surface area contributed by atoms with Gasteiger partial charge in [0.15, 0.2) is 5.16 Å². The van der Waals surface area contributed by atoms with Crippen LogP contribution in [0.25, 0.3) is 10.2 Å². The second kappa shape index (κ2) is 9.51. The molecule has 4 rings (SSSR count). The molecule has 154 valence electrons. The van der Waals surface area contributed by atoms with Gasteiger partial charge in [-0.1, -0.05) is 35.5 Å². The molecular formula is C21H23ClN2O3S2. The van der Waals surface area contributed by atoms with Crippen LogP contribution < -0.4 is 10.3 Å². The molecule has 0 spiro atoms. The minimum absolute atomic E-state index is 0.0565. The number of aryl methyl sites for hydroxylation is 2. The summed E-state index contributed by atoms with van der Waals surface area (Å²) >= 11 is 9.35. The lowest BCUT2D eigenvalue weighted by Crippen LogP contribution is -2.25. The third kappa shape index (κ3) is 4.48. The Labute approximate surface area is 183 Å². The van der Waals surface area contributed by atoms with E-state index in [9.17, 15) is 4.79 Å². The zero-order valence-electron chi connectivity index (χ0n) is 16.3. The van der Waals surface area contributed by atoms with Crippen LogP contribution in [0.5, 0.6) is 5.75 Å². The van der Waals surface area contributed by atoms with Crippen LogP contribution in [0, 0.1) is 0 Å². The summed E-state index contributed by atoms with van der Waals surface area (Å²) in [5.74, 6) is 1.34. The highest BCUT2D eigenvalue weighted by molar-refractivity contribution is 7.99. The molecule has 0 amide bonds. The predicted octanol–water partition coefficient (Wildman–Crippen LogP) is 4.81. The van der Waals surface area contributed by atoms with Crippen molar-refractivity contribution in [1.82, 2.24) is 9.55 Å². The van der Waals surface area contributed by atoms with Crippen molar-refractivity contribution in [2.24, 2.45) is 0 Å². The van der Waals surface area contributed by atoms with Gasteiger partial charge in [-0.15, -0.1) is 11.3 Å². The number of thioether (sulfide) groups is 1. The van der Waals surface area contributed by atoms with Gasteiger partial charge in [0.2, 0.25) is 0 Å². The second-order valence-corrected chi connectivity index (χ2v) is 9.42. The van der Waals surface area contributed by atoms with Crippen molar-refractivity contribution in [3.63, 3.8) is 0 Å². The van der Waals surface area contributed by atoms with Gasteiger partial charge >= 0.3 is 0 Å². The summed E-state index contributed by atoms with van der Waals surface area (Å²) in [4.78, 5) is 20.4. The van der Waals surface area contributed by atoms with Gasteiger partial charge in [-0.3, -0.25) is 9.36 Å². The van der Waals surface area contributed by atoms with Crippen LogP contribution >= 0.6 is 34.7 Å². The van der Waals surface area contributed by atoms with Crippen LogP contribution in [-0.2, 0) is 24.1 Å². The van der Waals surface area contributed by atoms with Crippen molar-refractivity contribution in [1.29, 1.82) is 0 Å². The second-order valence-electron chi connectivity index (χ2n) is 6.86. The molecule has 0 bridgehead atoms. The van der Waals surface area contributed by atoms with Gasteiger partial charge in [-0.05, 0) is 43.4 Å². The molecule has 3 aromatic rings. The van der Waals surface area contributed by atoms with Gasteiger partial charge < -0.3 is 9.47 Å². The molecule has 29 heavy (non-hydrogen) atoms. The average molecular weight is 451 g/mol. The van der Waals surface area contributed by atoms with Gasteiger partial charge in [0.1, 0.15) is 10.6 Å². The molecule has 1 aromatic carbocycles. The number of rotatable bonds is 8. The lowest BCUT2D eigenvalue weighted by molar-refractivity contribution is 0.183. The van der Waals surface area contributed by atoms with E-state index < -0.39 is 0 Å². The number of hydrogen-bond acceptors (Lipinski definition) is 6. The molecule has 1 aliphatic carbocycles. The van der Waals surface area contributed by atoms with Crippen molar-refractivity contribution in [2.45, 2.75) is 37.4 Å². The van der Waals surface area contributed by atoms with Crippen LogP contribution in [0.1, 0.15) is 23.3 Å². The normalized spacial score (nSPS) is 13.6. The Morgan fingerprint density at radius 3 is 2.90 bits per heavy atom. The van der Waals surface area contributed by atoms with Crippen molar-refractivity contribution in [2.75, 3.05) is 26.1 Å². The first-order valence-electron chi connectivity index (χ1n) is 9.73. The van der Waals surface area contributed by atoms with Crippen molar-refractivity contribution in [3.05, 3.63) is 50.1 Å². The van der Waals surface area contributed by atoms with E-state index >= 15 is 0 Å². The molecule has 0 aliphatic heterocycles. The summed E-state index contributed by atoms with van der Waals surface area (Å²) < 4.78 is 12.8. The summed E-state index contributed by atoms with van der Waals surface area (Å²) in [5.41, 5.74) is 1.28. The van der Waals surface area contributed by atoms with Crippen LogP contribution in [-0.4, -0.2) is 35.6 Å². The number of fused-ring (bicyclic) bond motifs is 3. The molecule has 0 fully saturated rings. The molecule has 0 saturated heterocycles. The fourth-order valence-corrected chi connectivity index (χ4v) is 5.89. The maximum Gasteiger partial charge on any atom is 0.263 e. The van der Waals surface area contributed by atoms with Crippen LogP contribution in [0.4, 0.5) is 0 Å². The van der Waals surface area contributed by atoms with E-state index in [0.717, 1.165) is 34.6 Å². The molecule has 2 aromatic heterocycles. The summed E-state index contributed by atoms with van der Waals surface area (Å²) in [6.45, 7) is 1.45. The zero-order valence-corrected chi connectivity index (χ0v) is 18.7. The van der Waals surface area contributed by atoms with Crippen LogP contribution in [0.2, 0.25) is 5.02 Å². The number of thiophene rings is 1. The fourth-order valence-electron chi connectivity index (χ4n) is 3.56. The van der Waals surface area contributed by atoms with E-state index in [1.165, 1.54) is 28.6 Å². The van der Waals surface area contributed by atoms with E-state index in [2.05, 4.69) is 0 Å². The maximum absolute atomic E-state index is 13.3. The predicted molar refractivity (Wildman–Crippen MR) is 120 cm³/mol. The lowest BCUT2D eigenvalue weighted by Gasteiger charge is -2.13. The lowest BCUT2D eigenvalue weighted by atomic mass is 9.97. The average Bonchev–Trinajstić information content (AvgIpc) is 3.10. The Kier molecular flexibility index (Phi) is 6.80. The standard InChI is InChI=1S/C21H23ClN2O3S2/c1-26-11-10-24-20(25)18-14-6-2-5-9-17(14)29-19(18)23-21(24)28-13-12-27-16-8-4-3-7-15(16)22/h3-4,7-8H,2,5-6,9-13H2,1H3. The summed E-state index contributed by atoms with van der Waals surface area (Å²) in [7, 11) is 1.65. The number of halogens is 1. The number of methoxy groups -OCH3 is 1. The van der Waals surface area contributed by atoms with E-state index in [-0.39, 0.29) is 5.56 Å². The van der Waals surface area contributed by atoms with Gasteiger partial charge in [0.25, 0.3) is 5.56 Å². The number of aromatic nitrogens is 2. The first-order chi connectivity index (χ1) is 14.2. The number of hydrogen-bond donors (Lipinski definition) is 0. The molecule has 2 heterocycles. The fraction of sp³-hybridized carbons (Fsp3) is 0.429. The van der Waals surface area contributed by atoms with E-state index in [1.807, 2.05) is 18.2 Å². The van der Waals surface area contributed by atoms with E-state index in [4.69, 9.17) is 26.1 Å². The molecular weight excluding hydrogens is 428 g/mol. The molecule has 0 N–H and O–H groups in total. The number of benzene rings is 1. The van der Waals surface area contributed by atoms with Gasteiger partial charge in [-0.2, -0.15) is 0 Å². The smallest absolute Gasteiger partial charge is 0.263 e. The first kappa shape index (κ1) is 20.7. The highest BCUT2D eigenvalue weighted by atomic mass is 35.5. The molecule has 0 radical (unpaired) electrons. The minimum atomic E-state index is 0.0565. The Morgan fingerprint density at radius 2 is 2.07 bits per heavy atom. The Morgan fingerprint density at radius 1 is 1.24 bits per heavy atom. The third-order valence-corrected chi connectivity index (χ3v) is 7.41. The molecule has 1 aliphatic rings. The maximum atomic E-state index is 13.3. The summed E-state index contributed by atoms with van der Waals surface area (Å²) in [6.07, 6.45) is 4.38. The molecule has 0 atom stereocenters. The van der Waals surface area contributed by atoms with Crippen molar-refractivity contribution >= 4 is 44.9 Å². The first-order valence-corrected chi connectivity index (χ1v) is 11.9. The van der Waals surface area contributed by atoms with E-state index in [1.54, 1.807) is 29.1 Å². The minimum Gasteiger partial charge on any atom is -0.491 e. The topological polar surface area (TPSA) is 53.4 Å².